The Bertz CT molecular complexity index is 1300. The Kier molecular flexibility index (Phi) is 6.48. The molecule has 0 aliphatic rings. The zero-order chi connectivity index (χ0) is 22.0. The first-order chi connectivity index (χ1) is 15.0. The third-order valence-electron chi connectivity index (χ3n) is 4.90. The van der Waals surface area contributed by atoms with Crippen LogP contribution in [-0.4, -0.2) is 21.6 Å². The lowest BCUT2D eigenvalue weighted by molar-refractivity contribution is 0.414. The molecule has 4 rings (SSSR count). The number of benzene rings is 2. The van der Waals surface area contributed by atoms with E-state index in [1.165, 1.54) is 11.8 Å². The SMILES string of the molecule is CCCn1c(SCc2nc(-c3cc(Br)ccc3OC)oc2C)nc2ccccc2c1=O. The van der Waals surface area contributed by atoms with Crippen LogP contribution in [0.2, 0.25) is 0 Å². The van der Waals surface area contributed by atoms with Gasteiger partial charge in [-0.3, -0.25) is 9.36 Å². The second-order valence-corrected chi connectivity index (χ2v) is 8.88. The first-order valence-electron chi connectivity index (χ1n) is 9.94. The van der Waals surface area contributed by atoms with Crippen LogP contribution in [0, 0.1) is 6.92 Å². The van der Waals surface area contributed by atoms with Crippen molar-refractivity contribution in [2.75, 3.05) is 7.11 Å². The van der Waals surface area contributed by atoms with Crippen molar-refractivity contribution in [3.05, 3.63) is 68.7 Å². The van der Waals surface area contributed by atoms with Gasteiger partial charge in [0.2, 0.25) is 5.89 Å². The third kappa shape index (κ3) is 4.41. The van der Waals surface area contributed by atoms with Crippen LogP contribution in [-0.2, 0) is 12.3 Å². The van der Waals surface area contributed by atoms with Crippen molar-refractivity contribution in [3.8, 4) is 17.2 Å². The summed E-state index contributed by atoms with van der Waals surface area (Å²) in [5.41, 5.74) is 2.29. The number of hydrogen-bond donors (Lipinski definition) is 0. The molecule has 31 heavy (non-hydrogen) atoms. The lowest BCUT2D eigenvalue weighted by atomic mass is 10.2. The largest absolute Gasteiger partial charge is 0.496 e. The standard InChI is InChI=1S/C23H22BrN3O3S/c1-4-11-27-22(28)16-7-5-6-8-18(16)26-23(27)31-13-19-14(2)30-21(25-19)17-12-15(24)9-10-20(17)29-3/h5-10,12H,4,11,13H2,1-3H3. The Morgan fingerprint density at radius 1 is 1.19 bits per heavy atom. The highest BCUT2D eigenvalue weighted by Crippen LogP contribution is 2.34. The Morgan fingerprint density at radius 2 is 2.00 bits per heavy atom. The Labute approximate surface area is 192 Å². The summed E-state index contributed by atoms with van der Waals surface area (Å²) in [6.07, 6.45) is 0.850. The first-order valence-corrected chi connectivity index (χ1v) is 11.7. The number of aromatic nitrogens is 3. The maximum atomic E-state index is 13.0. The molecule has 0 saturated heterocycles. The third-order valence-corrected chi connectivity index (χ3v) is 6.38. The van der Waals surface area contributed by atoms with E-state index >= 15 is 0 Å². The maximum absolute atomic E-state index is 13.0. The van der Waals surface area contributed by atoms with E-state index in [0.717, 1.165) is 27.9 Å². The monoisotopic (exact) mass is 499 g/mol. The average molecular weight is 500 g/mol. The molecule has 0 spiro atoms. The molecule has 0 radical (unpaired) electrons. The van der Waals surface area contributed by atoms with E-state index in [1.54, 1.807) is 11.7 Å². The Balaban J connectivity index is 1.66. The molecule has 0 atom stereocenters. The van der Waals surface area contributed by atoms with Crippen molar-refractivity contribution >= 4 is 38.6 Å². The van der Waals surface area contributed by atoms with Crippen molar-refractivity contribution in [1.29, 1.82) is 0 Å². The molecule has 6 nitrogen and oxygen atoms in total. The molecule has 2 aromatic heterocycles. The number of hydrogen-bond acceptors (Lipinski definition) is 6. The summed E-state index contributed by atoms with van der Waals surface area (Å²) < 4.78 is 14.1. The van der Waals surface area contributed by atoms with Gasteiger partial charge < -0.3 is 9.15 Å². The number of fused-ring (bicyclic) bond motifs is 1. The second-order valence-electron chi connectivity index (χ2n) is 7.02. The zero-order valence-corrected chi connectivity index (χ0v) is 19.9. The minimum Gasteiger partial charge on any atom is -0.496 e. The molecule has 160 valence electrons. The van der Waals surface area contributed by atoms with Gasteiger partial charge in [-0.15, -0.1) is 0 Å². The highest BCUT2D eigenvalue weighted by Gasteiger charge is 2.18. The van der Waals surface area contributed by atoms with E-state index in [4.69, 9.17) is 19.1 Å². The van der Waals surface area contributed by atoms with Crippen LogP contribution in [0.3, 0.4) is 0 Å². The number of rotatable bonds is 7. The fourth-order valence-corrected chi connectivity index (χ4v) is 4.72. The van der Waals surface area contributed by atoms with Crippen LogP contribution >= 0.6 is 27.7 Å². The smallest absolute Gasteiger partial charge is 0.262 e. The van der Waals surface area contributed by atoms with Crippen LogP contribution in [0.15, 0.2) is 61.3 Å². The highest BCUT2D eigenvalue weighted by molar-refractivity contribution is 9.10. The predicted molar refractivity (Wildman–Crippen MR) is 127 cm³/mol. The van der Waals surface area contributed by atoms with Crippen molar-refractivity contribution in [2.24, 2.45) is 0 Å². The molecule has 0 amide bonds. The second kappa shape index (κ2) is 9.28. The number of ether oxygens (including phenoxy) is 1. The minimum absolute atomic E-state index is 0.00798. The molecule has 0 fully saturated rings. The number of nitrogens with zero attached hydrogens (tertiary/aromatic N) is 3. The van der Waals surface area contributed by atoms with Crippen LogP contribution in [0.25, 0.3) is 22.4 Å². The average Bonchev–Trinajstić information content (AvgIpc) is 3.15. The molecule has 4 aromatic rings. The van der Waals surface area contributed by atoms with Gasteiger partial charge in [-0.1, -0.05) is 46.7 Å². The van der Waals surface area contributed by atoms with E-state index in [9.17, 15) is 4.79 Å². The fourth-order valence-electron chi connectivity index (χ4n) is 3.34. The van der Waals surface area contributed by atoms with Gasteiger partial charge in [0.05, 0.1) is 29.3 Å². The molecule has 0 aliphatic carbocycles. The summed E-state index contributed by atoms with van der Waals surface area (Å²) in [6, 6.07) is 13.2. The van der Waals surface area contributed by atoms with E-state index < -0.39 is 0 Å². The highest BCUT2D eigenvalue weighted by atomic mass is 79.9. The molecule has 0 aliphatic heterocycles. The molecule has 2 heterocycles. The minimum atomic E-state index is -0.00798. The molecular weight excluding hydrogens is 478 g/mol. The summed E-state index contributed by atoms with van der Waals surface area (Å²) in [6.45, 7) is 4.57. The summed E-state index contributed by atoms with van der Waals surface area (Å²) in [5.74, 6) is 2.47. The van der Waals surface area contributed by atoms with Crippen molar-refractivity contribution in [1.82, 2.24) is 14.5 Å². The number of thioether (sulfide) groups is 1. The van der Waals surface area contributed by atoms with Crippen molar-refractivity contribution in [3.63, 3.8) is 0 Å². The van der Waals surface area contributed by atoms with E-state index in [0.29, 0.717) is 40.0 Å². The molecule has 0 unspecified atom stereocenters. The Hall–Kier alpha value is -2.58. The van der Waals surface area contributed by atoms with Gasteiger partial charge in [0.1, 0.15) is 11.5 Å². The van der Waals surface area contributed by atoms with Gasteiger partial charge in [-0.05, 0) is 43.7 Å². The molecular formula is C23H22BrN3O3S. The van der Waals surface area contributed by atoms with Gasteiger partial charge in [-0.2, -0.15) is 0 Å². The van der Waals surface area contributed by atoms with Gasteiger partial charge in [0.25, 0.3) is 5.56 Å². The topological polar surface area (TPSA) is 70.2 Å². The number of aryl methyl sites for hydroxylation is 1. The summed E-state index contributed by atoms with van der Waals surface area (Å²) in [5, 5.41) is 1.33. The van der Waals surface area contributed by atoms with Gasteiger partial charge in [0.15, 0.2) is 5.16 Å². The van der Waals surface area contributed by atoms with Crippen molar-refractivity contribution in [2.45, 2.75) is 37.7 Å². The maximum Gasteiger partial charge on any atom is 0.262 e. The van der Waals surface area contributed by atoms with Gasteiger partial charge in [0, 0.05) is 16.8 Å². The molecule has 0 bridgehead atoms. The molecule has 8 heteroatoms. The number of oxazole rings is 1. The van der Waals surface area contributed by atoms with Crippen LogP contribution in [0.5, 0.6) is 5.75 Å². The summed E-state index contributed by atoms with van der Waals surface area (Å²) in [4.78, 5) is 22.4. The van der Waals surface area contributed by atoms with Gasteiger partial charge in [-0.25, -0.2) is 9.97 Å². The Morgan fingerprint density at radius 3 is 2.77 bits per heavy atom. The molecule has 2 aromatic carbocycles. The zero-order valence-electron chi connectivity index (χ0n) is 17.5. The molecule has 0 saturated carbocycles. The van der Waals surface area contributed by atoms with E-state index in [-0.39, 0.29) is 5.56 Å². The number of halogens is 1. The summed E-state index contributed by atoms with van der Waals surface area (Å²) >= 11 is 4.98. The van der Waals surface area contributed by atoms with Crippen molar-refractivity contribution < 1.29 is 9.15 Å². The normalized spacial score (nSPS) is 11.2. The van der Waals surface area contributed by atoms with E-state index in [2.05, 4.69) is 22.9 Å². The first kappa shape index (κ1) is 21.6. The predicted octanol–water partition coefficient (Wildman–Crippen LogP) is 5.83. The van der Waals surface area contributed by atoms with Gasteiger partial charge >= 0.3 is 0 Å². The number of para-hydroxylation sites is 1. The van der Waals surface area contributed by atoms with Crippen LogP contribution in [0.1, 0.15) is 24.8 Å². The summed E-state index contributed by atoms with van der Waals surface area (Å²) in [7, 11) is 1.62. The lowest BCUT2D eigenvalue weighted by Crippen LogP contribution is -2.23. The molecule has 0 N–H and O–H groups in total. The van der Waals surface area contributed by atoms with Crippen LogP contribution < -0.4 is 10.3 Å². The number of methoxy groups -OCH3 is 1. The van der Waals surface area contributed by atoms with E-state index in [1.807, 2.05) is 49.4 Å². The quantitative estimate of drug-likeness (QED) is 0.235. The van der Waals surface area contributed by atoms with Crippen LogP contribution in [0.4, 0.5) is 0 Å². The lowest BCUT2D eigenvalue weighted by Gasteiger charge is -2.11. The fraction of sp³-hybridized carbons (Fsp3) is 0.261.